The van der Waals surface area contributed by atoms with E-state index in [4.69, 9.17) is 0 Å². The van der Waals surface area contributed by atoms with Crippen molar-refractivity contribution in [2.75, 3.05) is 11.4 Å². The van der Waals surface area contributed by atoms with Crippen molar-refractivity contribution in [3.63, 3.8) is 0 Å². The fraction of sp³-hybridized carbons (Fsp3) is 0.250. The van der Waals surface area contributed by atoms with Crippen molar-refractivity contribution < 1.29 is 4.79 Å². The van der Waals surface area contributed by atoms with E-state index in [1.807, 2.05) is 35.2 Å². The van der Waals surface area contributed by atoms with Crippen LogP contribution in [0.15, 0.2) is 53.5 Å². The molecule has 0 spiro atoms. The molecule has 1 aromatic carbocycles. The first-order valence-electron chi connectivity index (χ1n) is 9.43. The Morgan fingerprint density at radius 3 is 2.93 bits per heavy atom. The lowest BCUT2D eigenvalue weighted by atomic mass is 10.2. The van der Waals surface area contributed by atoms with E-state index in [1.165, 1.54) is 15.9 Å². The first-order valence-corrected chi connectivity index (χ1v) is 10.3. The van der Waals surface area contributed by atoms with Gasteiger partial charge in [0.1, 0.15) is 6.04 Å². The summed E-state index contributed by atoms with van der Waals surface area (Å²) in [7, 11) is 0. The molecule has 4 heterocycles. The van der Waals surface area contributed by atoms with Crippen LogP contribution < -0.4 is 15.8 Å². The zero-order valence-corrected chi connectivity index (χ0v) is 16.3. The third-order valence-electron chi connectivity index (χ3n) is 5.07. The number of carbonyl (C=O) groups excluding carboxylic acids is 1. The quantitative estimate of drug-likeness (QED) is 0.557. The summed E-state index contributed by atoms with van der Waals surface area (Å²) in [4.78, 5) is 36.6. The maximum Gasteiger partial charge on any atom is 0.284 e. The number of nitrogens with zero attached hydrogens (tertiary/aromatic N) is 5. The van der Waals surface area contributed by atoms with E-state index in [2.05, 4.69) is 20.4 Å². The molecular weight excluding hydrogens is 388 g/mol. The summed E-state index contributed by atoms with van der Waals surface area (Å²) in [5.41, 5.74) is 1.22. The predicted molar refractivity (Wildman–Crippen MR) is 111 cm³/mol. The molecular formula is C20H18N6O2S. The Morgan fingerprint density at radius 2 is 2.07 bits per heavy atom. The van der Waals surface area contributed by atoms with Crippen LogP contribution in [0.1, 0.15) is 18.4 Å². The highest BCUT2D eigenvalue weighted by Crippen LogP contribution is 2.29. The number of anilines is 1. The molecule has 3 aromatic heterocycles. The predicted octanol–water partition coefficient (Wildman–Crippen LogP) is 1.98. The van der Waals surface area contributed by atoms with E-state index in [1.54, 1.807) is 18.3 Å². The number of rotatable bonds is 4. The van der Waals surface area contributed by atoms with Gasteiger partial charge in [-0.3, -0.25) is 9.59 Å². The molecule has 1 atom stereocenters. The lowest BCUT2D eigenvalue weighted by Crippen LogP contribution is -2.43. The van der Waals surface area contributed by atoms with Crippen LogP contribution in [0.5, 0.6) is 0 Å². The summed E-state index contributed by atoms with van der Waals surface area (Å²) in [5, 5.41) is 8.55. The summed E-state index contributed by atoms with van der Waals surface area (Å²) in [5.74, 6) is -0.0299. The van der Waals surface area contributed by atoms with Gasteiger partial charge in [0.15, 0.2) is 5.65 Å². The molecule has 146 valence electrons. The minimum absolute atomic E-state index is 0.0299. The molecule has 5 rings (SSSR count). The minimum atomic E-state index is -0.303. The molecule has 1 N–H and O–H groups in total. The second-order valence-corrected chi connectivity index (χ2v) is 7.86. The number of amides is 1. The van der Waals surface area contributed by atoms with E-state index in [0.717, 1.165) is 24.9 Å². The maximum atomic E-state index is 12.8. The van der Waals surface area contributed by atoms with Gasteiger partial charge in [0.2, 0.25) is 16.0 Å². The topological polar surface area (TPSA) is 92.5 Å². The van der Waals surface area contributed by atoms with Crippen molar-refractivity contribution in [2.24, 2.45) is 0 Å². The molecule has 1 saturated heterocycles. The number of benzene rings is 1. The molecule has 1 aliphatic rings. The molecule has 29 heavy (non-hydrogen) atoms. The van der Waals surface area contributed by atoms with Crippen LogP contribution in [0, 0.1) is 0 Å². The van der Waals surface area contributed by atoms with Crippen LogP contribution in [-0.4, -0.2) is 38.1 Å². The largest absolute Gasteiger partial charge is 0.350 e. The van der Waals surface area contributed by atoms with Crippen molar-refractivity contribution >= 4 is 38.4 Å². The van der Waals surface area contributed by atoms with Gasteiger partial charge in [-0.05, 0) is 30.5 Å². The second-order valence-electron chi connectivity index (χ2n) is 6.93. The Morgan fingerprint density at radius 1 is 1.21 bits per heavy atom. The zero-order valence-electron chi connectivity index (χ0n) is 15.5. The highest BCUT2D eigenvalue weighted by Gasteiger charge is 2.33. The van der Waals surface area contributed by atoms with Gasteiger partial charge >= 0.3 is 0 Å². The molecule has 1 aliphatic heterocycles. The van der Waals surface area contributed by atoms with Crippen molar-refractivity contribution in [3.05, 3.63) is 64.6 Å². The number of carbonyl (C=O) groups is 1. The number of fused-ring (bicyclic) bond motifs is 2. The van der Waals surface area contributed by atoms with Crippen molar-refractivity contribution in [3.8, 4) is 0 Å². The summed E-state index contributed by atoms with van der Waals surface area (Å²) < 4.78 is 1.31. The monoisotopic (exact) mass is 406 g/mol. The van der Waals surface area contributed by atoms with E-state index in [-0.39, 0.29) is 17.5 Å². The zero-order chi connectivity index (χ0) is 19.8. The molecule has 1 fully saturated rings. The fourth-order valence-corrected chi connectivity index (χ4v) is 4.58. The van der Waals surface area contributed by atoms with E-state index in [0.29, 0.717) is 27.7 Å². The third kappa shape index (κ3) is 3.23. The summed E-state index contributed by atoms with van der Waals surface area (Å²) in [6.07, 6.45) is 3.26. The van der Waals surface area contributed by atoms with Gasteiger partial charge < -0.3 is 10.2 Å². The maximum absolute atomic E-state index is 12.8. The number of pyridine rings is 1. The Labute approximate surface area is 169 Å². The van der Waals surface area contributed by atoms with Gasteiger partial charge in [-0.25, -0.2) is 4.98 Å². The highest BCUT2D eigenvalue weighted by molar-refractivity contribution is 7.20. The Balaban J connectivity index is 1.42. The summed E-state index contributed by atoms with van der Waals surface area (Å²) >= 11 is 1.31. The third-order valence-corrected chi connectivity index (χ3v) is 6.02. The van der Waals surface area contributed by atoms with Crippen LogP contribution >= 0.6 is 11.3 Å². The van der Waals surface area contributed by atoms with Gasteiger partial charge in [0.25, 0.3) is 5.56 Å². The molecule has 0 aliphatic carbocycles. The second kappa shape index (κ2) is 7.25. The van der Waals surface area contributed by atoms with E-state index < -0.39 is 0 Å². The Bertz CT molecular complexity index is 1250. The summed E-state index contributed by atoms with van der Waals surface area (Å²) in [6.45, 7) is 1.21. The molecule has 0 radical (unpaired) electrons. The number of aromatic nitrogens is 4. The number of hydrogen-bond donors (Lipinski definition) is 1. The average molecular weight is 406 g/mol. The SMILES string of the molecule is O=C(NCc1ccccc1)C1CCCN1c1nn2c(=O)c3cccnc3nc2s1. The van der Waals surface area contributed by atoms with Crippen LogP contribution in [0.25, 0.3) is 16.0 Å². The van der Waals surface area contributed by atoms with Gasteiger partial charge in [-0.15, -0.1) is 5.10 Å². The van der Waals surface area contributed by atoms with Crippen molar-refractivity contribution in [1.82, 2.24) is 24.9 Å². The number of nitrogens with one attached hydrogen (secondary N) is 1. The molecule has 9 heteroatoms. The highest BCUT2D eigenvalue weighted by atomic mass is 32.1. The molecule has 1 unspecified atom stereocenters. The lowest BCUT2D eigenvalue weighted by molar-refractivity contribution is -0.122. The Kier molecular flexibility index (Phi) is 4.44. The first-order chi connectivity index (χ1) is 14.2. The van der Waals surface area contributed by atoms with Gasteiger partial charge in [-0.2, -0.15) is 9.50 Å². The molecule has 0 bridgehead atoms. The summed E-state index contributed by atoms with van der Waals surface area (Å²) in [6, 6.07) is 12.9. The van der Waals surface area contributed by atoms with Gasteiger partial charge in [-0.1, -0.05) is 41.7 Å². The average Bonchev–Trinajstić information content (AvgIpc) is 3.40. The smallest absolute Gasteiger partial charge is 0.284 e. The fourth-order valence-electron chi connectivity index (χ4n) is 3.62. The van der Waals surface area contributed by atoms with Crippen LogP contribution in [0.2, 0.25) is 0 Å². The van der Waals surface area contributed by atoms with Crippen molar-refractivity contribution in [1.29, 1.82) is 0 Å². The van der Waals surface area contributed by atoms with Gasteiger partial charge in [0.05, 0.1) is 5.39 Å². The minimum Gasteiger partial charge on any atom is -0.350 e. The standard InChI is InChI=1S/C20H18N6O2S/c27-17(22-12-13-6-2-1-3-7-13)15-9-5-11-25(15)20-24-26-18(28)14-8-4-10-21-16(14)23-19(26)29-20/h1-4,6-8,10,15H,5,9,11-12H2,(H,22,27). The van der Waals surface area contributed by atoms with Crippen LogP contribution in [0.4, 0.5) is 5.13 Å². The lowest BCUT2D eigenvalue weighted by Gasteiger charge is -2.22. The molecule has 4 aromatic rings. The Hall–Kier alpha value is -3.33. The molecule has 0 saturated carbocycles. The van der Waals surface area contributed by atoms with Crippen molar-refractivity contribution in [2.45, 2.75) is 25.4 Å². The van der Waals surface area contributed by atoms with E-state index >= 15 is 0 Å². The number of hydrogen-bond acceptors (Lipinski definition) is 7. The van der Waals surface area contributed by atoms with E-state index in [9.17, 15) is 9.59 Å². The normalized spacial score (nSPS) is 16.6. The van der Waals surface area contributed by atoms with Crippen LogP contribution in [0.3, 0.4) is 0 Å². The molecule has 8 nitrogen and oxygen atoms in total. The molecule has 1 amide bonds. The van der Waals surface area contributed by atoms with Gasteiger partial charge in [0, 0.05) is 19.3 Å². The van der Waals surface area contributed by atoms with Crippen LogP contribution in [-0.2, 0) is 11.3 Å². The first kappa shape index (κ1) is 17.7.